The fraction of sp³-hybridized carbons (Fsp3) is 0.409. The predicted octanol–water partition coefficient (Wildman–Crippen LogP) is 4.13. The molecule has 0 fully saturated rings. The van der Waals surface area contributed by atoms with Crippen molar-refractivity contribution in [2.45, 2.75) is 53.4 Å². The molecule has 4 rings (SSSR count). The molecule has 2 aromatic heterocycles. The molecule has 27 heavy (non-hydrogen) atoms. The van der Waals surface area contributed by atoms with Crippen molar-refractivity contribution in [1.82, 2.24) is 14.8 Å². The summed E-state index contributed by atoms with van der Waals surface area (Å²) in [7, 11) is 0. The van der Waals surface area contributed by atoms with Gasteiger partial charge in [0.2, 0.25) is 0 Å². The van der Waals surface area contributed by atoms with Gasteiger partial charge in [-0.25, -0.2) is 4.68 Å². The molecule has 1 N–H and O–H groups in total. The Morgan fingerprint density at radius 1 is 1.19 bits per heavy atom. The van der Waals surface area contributed by atoms with Gasteiger partial charge in [0.15, 0.2) is 5.78 Å². The third kappa shape index (κ3) is 3.01. The molecule has 1 aromatic carbocycles. The Bertz CT molecular complexity index is 1120. The highest BCUT2D eigenvalue weighted by atomic mass is 16.1. The topological polar surface area (TPSA) is 67.8 Å². The molecule has 0 spiro atoms. The number of carbonyl (C=O) groups is 1. The van der Waals surface area contributed by atoms with Crippen LogP contribution in [0.25, 0.3) is 16.5 Å². The first-order valence-corrected chi connectivity index (χ1v) is 9.57. The number of aromatic nitrogens is 3. The number of hydrogen-bond donors (Lipinski definition) is 1. The van der Waals surface area contributed by atoms with Crippen LogP contribution in [0.4, 0.5) is 0 Å². The standard InChI is InChI=1S/C22H25N3O2/c1-5-6-15-9-14-10-16(7-8-17(14)21(27)23-15)25-18-11-22(3,4)12-19(26)20(18)13(2)24-25/h7-10H,5-6,11-12H2,1-4H3,(H,23,27). The fourth-order valence-corrected chi connectivity index (χ4v) is 4.20. The minimum Gasteiger partial charge on any atom is -0.326 e. The molecule has 5 nitrogen and oxygen atoms in total. The SMILES string of the molecule is CCCc1cc2cc(-n3nc(C)c4c3CC(C)(C)CC4=O)ccc2c(=O)[nH]1. The summed E-state index contributed by atoms with van der Waals surface area (Å²) in [4.78, 5) is 28.0. The molecule has 0 unspecified atom stereocenters. The Hall–Kier alpha value is -2.69. The highest BCUT2D eigenvalue weighted by Gasteiger charge is 2.35. The number of rotatable bonds is 3. The van der Waals surface area contributed by atoms with Crippen molar-refractivity contribution < 1.29 is 4.79 Å². The number of aromatic amines is 1. The molecule has 0 saturated carbocycles. The molecule has 140 valence electrons. The Kier molecular flexibility index (Phi) is 4.06. The van der Waals surface area contributed by atoms with Crippen LogP contribution in [-0.4, -0.2) is 20.5 Å². The zero-order chi connectivity index (χ0) is 19.3. The summed E-state index contributed by atoms with van der Waals surface area (Å²) >= 11 is 0. The van der Waals surface area contributed by atoms with Crippen LogP contribution in [0.1, 0.15) is 61.1 Å². The van der Waals surface area contributed by atoms with Crippen LogP contribution in [-0.2, 0) is 12.8 Å². The third-order valence-electron chi connectivity index (χ3n) is 5.37. The van der Waals surface area contributed by atoms with Gasteiger partial charge < -0.3 is 4.98 Å². The Labute approximate surface area is 158 Å². The largest absolute Gasteiger partial charge is 0.326 e. The Morgan fingerprint density at radius 3 is 2.70 bits per heavy atom. The molecule has 2 heterocycles. The highest BCUT2D eigenvalue weighted by Crippen LogP contribution is 2.37. The molecule has 0 radical (unpaired) electrons. The zero-order valence-corrected chi connectivity index (χ0v) is 16.3. The van der Waals surface area contributed by atoms with E-state index in [-0.39, 0.29) is 16.8 Å². The number of fused-ring (bicyclic) bond motifs is 2. The number of nitrogens with zero attached hydrogens (tertiary/aromatic N) is 2. The van der Waals surface area contributed by atoms with Gasteiger partial charge in [0.05, 0.1) is 22.6 Å². The normalized spacial score (nSPS) is 15.9. The van der Waals surface area contributed by atoms with E-state index in [1.54, 1.807) is 0 Å². The molecular formula is C22H25N3O2. The van der Waals surface area contributed by atoms with E-state index in [1.165, 1.54) is 0 Å². The molecule has 1 aliphatic rings. The molecule has 1 aliphatic carbocycles. The number of carbonyl (C=O) groups excluding carboxylic acids is 1. The molecule has 5 heteroatoms. The average Bonchev–Trinajstić information content (AvgIpc) is 2.90. The average molecular weight is 363 g/mol. The van der Waals surface area contributed by atoms with E-state index in [1.807, 2.05) is 35.9 Å². The number of pyridine rings is 1. The number of H-pyrrole nitrogens is 1. The van der Waals surface area contributed by atoms with Crippen LogP contribution in [0.5, 0.6) is 0 Å². The molecule has 0 bridgehead atoms. The number of aryl methyl sites for hydroxylation is 2. The van der Waals surface area contributed by atoms with E-state index in [2.05, 4.69) is 30.9 Å². The first-order chi connectivity index (χ1) is 12.8. The summed E-state index contributed by atoms with van der Waals surface area (Å²) in [6.07, 6.45) is 3.18. The van der Waals surface area contributed by atoms with E-state index < -0.39 is 0 Å². The molecule has 0 atom stereocenters. The third-order valence-corrected chi connectivity index (χ3v) is 5.37. The van der Waals surface area contributed by atoms with Gasteiger partial charge in [-0.3, -0.25) is 9.59 Å². The van der Waals surface area contributed by atoms with Gasteiger partial charge in [-0.2, -0.15) is 5.10 Å². The summed E-state index contributed by atoms with van der Waals surface area (Å²) in [5, 5.41) is 6.26. The van der Waals surface area contributed by atoms with Crippen LogP contribution in [0, 0.1) is 12.3 Å². The summed E-state index contributed by atoms with van der Waals surface area (Å²) in [6, 6.07) is 7.80. The van der Waals surface area contributed by atoms with Crippen LogP contribution in [0.2, 0.25) is 0 Å². The van der Waals surface area contributed by atoms with Crippen LogP contribution in [0.3, 0.4) is 0 Å². The number of Topliss-reactive ketones (excluding diaryl/α,β-unsaturated/α-hetero) is 1. The van der Waals surface area contributed by atoms with Crippen molar-refractivity contribution in [2.24, 2.45) is 5.41 Å². The molecular weight excluding hydrogens is 338 g/mol. The van der Waals surface area contributed by atoms with Crippen molar-refractivity contribution in [3.05, 3.63) is 57.3 Å². The molecule has 0 saturated heterocycles. The molecule has 3 aromatic rings. The van der Waals surface area contributed by atoms with Crippen molar-refractivity contribution in [1.29, 1.82) is 0 Å². The smallest absolute Gasteiger partial charge is 0.256 e. The summed E-state index contributed by atoms with van der Waals surface area (Å²) in [5.41, 5.74) is 4.24. The van der Waals surface area contributed by atoms with Crippen molar-refractivity contribution in [3.8, 4) is 5.69 Å². The van der Waals surface area contributed by atoms with E-state index >= 15 is 0 Å². The van der Waals surface area contributed by atoms with E-state index in [0.717, 1.165) is 53.0 Å². The van der Waals surface area contributed by atoms with E-state index in [0.29, 0.717) is 11.8 Å². The lowest BCUT2D eigenvalue weighted by Crippen LogP contribution is -2.28. The van der Waals surface area contributed by atoms with Gasteiger partial charge in [0, 0.05) is 17.5 Å². The second-order valence-electron chi connectivity index (χ2n) is 8.41. The summed E-state index contributed by atoms with van der Waals surface area (Å²) in [5.74, 6) is 0.174. The maximum Gasteiger partial charge on any atom is 0.256 e. The first-order valence-electron chi connectivity index (χ1n) is 9.57. The number of benzene rings is 1. The van der Waals surface area contributed by atoms with Crippen LogP contribution < -0.4 is 5.56 Å². The second kappa shape index (κ2) is 6.19. The van der Waals surface area contributed by atoms with Gasteiger partial charge in [0.25, 0.3) is 5.56 Å². The van der Waals surface area contributed by atoms with Crippen LogP contribution >= 0.6 is 0 Å². The minimum atomic E-state index is -0.0728. The maximum absolute atomic E-state index is 12.6. The Morgan fingerprint density at radius 2 is 1.96 bits per heavy atom. The summed E-state index contributed by atoms with van der Waals surface area (Å²) < 4.78 is 1.89. The molecule has 0 amide bonds. The van der Waals surface area contributed by atoms with Gasteiger partial charge in [0.1, 0.15) is 0 Å². The van der Waals surface area contributed by atoms with Gasteiger partial charge in [-0.1, -0.05) is 27.2 Å². The number of ketones is 1. The van der Waals surface area contributed by atoms with Gasteiger partial charge in [-0.15, -0.1) is 0 Å². The summed E-state index contributed by atoms with van der Waals surface area (Å²) in [6.45, 7) is 8.24. The van der Waals surface area contributed by atoms with Crippen LogP contribution in [0.15, 0.2) is 29.1 Å². The minimum absolute atomic E-state index is 0.0579. The fourth-order valence-electron chi connectivity index (χ4n) is 4.20. The quantitative estimate of drug-likeness (QED) is 0.761. The van der Waals surface area contributed by atoms with Crippen molar-refractivity contribution >= 4 is 16.6 Å². The van der Waals surface area contributed by atoms with E-state index in [4.69, 9.17) is 0 Å². The monoisotopic (exact) mass is 363 g/mol. The lowest BCUT2D eigenvalue weighted by Gasteiger charge is -2.29. The van der Waals surface area contributed by atoms with Crippen molar-refractivity contribution in [3.63, 3.8) is 0 Å². The molecule has 0 aliphatic heterocycles. The van der Waals surface area contributed by atoms with E-state index in [9.17, 15) is 9.59 Å². The van der Waals surface area contributed by atoms with Crippen molar-refractivity contribution in [2.75, 3.05) is 0 Å². The predicted molar refractivity (Wildman–Crippen MR) is 107 cm³/mol. The maximum atomic E-state index is 12.6. The first kappa shape index (κ1) is 17.7. The lowest BCUT2D eigenvalue weighted by molar-refractivity contribution is 0.0910. The Balaban J connectivity index is 1.90. The highest BCUT2D eigenvalue weighted by molar-refractivity contribution is 6.00. The lowest BCUT2D eigenvalue weighted by atomic mass is 9.75. The van der Waals surface area contributed by atoms with Gasteiger partial charge >= 0.3 is 0 Å². The second-order valence-corrected chi connectivity index (χ2v) is 8.41. The van der Waals surface area contributed by atoms with Gasteiger partial charge in [-0.05, 0) is 54.8 Å². The number of hydrogen-bond acceptors (Lipinski definition) is 3. The number of nitrogens with one attached hydrogen (secondary N) is 1. The zero-order valence-electron chi connectivity index (χ0n) is 16.3.